The summed E-state index contributed by atoms with van der Waals surface area (Å²) in [4.78, 5) is 31.5. The molecule has 2 aliphatic rings. The fraction of sp³-hybridized carbons (Fsp3) is 0.464. The van der Waals surface area contributed by atoms with Gasteiger partial charge in [-0.15, -0.1) is 22.7 Å². The van der Waals surface area contributed by atoms with Gasteiger partial charge in [0.1, 0.15) is 6.29 Å². The molecule has 0 spiro atoms. The minimum atomic E-state index is 0.376. The van der Waals surface area contributed by atoms with Crippen molar-refractivity contribution >= 4 is 55.1 Å². The molecule has 2 fully saturated rings. The van der Waals surface area contributed by atoms with Gasteiger partial charge in [0.2, 0.25) is 0 Å². The summed E-state index contributed by atoms with van der Waals surface area (Å²) in [6.07, 6.45) is 3.79. The Labute approximate surface area is 225 Å². The number of fused-ring (bicyclic) bond motifs is 2. The van der Waals surface area contributed by atoms with Gasteiger partial charge in [-0.2, -0.15) is 0 Å². The third kappa shape index (κ3) is 5.03. The summed E-state index contributed by atoms with van der Waals surface area (Å²) in [5, 5.41) is 1.12. The Morgan fingerprint density at radius 3 is 2.62 bits per heavy atom. The summed E-state index contributed by atoms with van der Waals surface area (Å²) in [5.74, 6) is 1.72. The van der Waals surface area contributed by atoms with Crippen molar-refractivity contribution in [1.82, 2.24) is 19.8 Å². The van der Waals surface area contributed by atoms with E-state index in [9.17, 15) is 4.79 Å². The molecule has 2 aliphatic heterocycles. The van der Waals surface area contributed by atoms with Crippen molar-refractivity contribution < 1.29 is 9.53 Å². The smallest absolute Gasteiger partial charge is 0.163 e. The molecule has 0 atom stereocenters. The lowest BCUT2D eigenvalue weighted by molar-refractivity contribution is -0.107. The number of morpholine rings is 1. The second-order valence-corrected chi connectivity index (χ2v) is 12.4. The van der Waals surface area contributed by atoms with Crippen LogP contribution in [-0.2, 0) is 22.5 Å². The molecule has 7 nitrogen and oxygen atoms in total. The minimum Gasteiger partial charge on any atom is -0.378 e. The van der Waals surface area contributed by atoms with Gasteiger partial charge in [0, 0.05) is 70.6 Å². The van der Waals surface area contributed by atoms with E-state index in [2.05, 4.69) is 47.0 Å². The quantitative estimate of drug-likeness (QED) is 0.319. The van der Waals surface area contributed by atoms with Crippen LogP contribution in [0.25, 0.3) is 31.7 Å². The Kier molecular flexibility index (Phi) is 7.23. The lowest BCUT2D eigenvalue weighted by atomic mass is 10.0. The zero-order chi connectivity index (χ0) is 25.4. The number of ether oxygens (including phenoxy) is 1. The van der Waals surface area contributed by atoms with E-state index < -0.39 is 0 Å². The number of rotatable bonds is 7. The molecule has 9 heteroatoms. The zero-order valence-electron chi connectivity index (χ0n) is 21.5. The number of aldehydes is 1. The Hall–Kier alpha value is -2.43. The standard InChI is InChI=1S/C28H33N5O2S2/c1-31(2)19-7-10-32(11-8-19)18-20-17-22-26(36-20)28(33-12-15-35-16-13-33)30-27(29-22)25-21-5-3-4-6-23(21)37-24(25)9-14-34/h3-6,14,17,19H,7-13,15-16,18H2,1-2H3. The topological polar surface area (TPSA) is 61.8 Å². The summed E-state index contributed by atoms with van der Waals surface area (Å²) in [6, 6.07) is 11.3. The van der Waals surface area contributed by atoms with Crippen molar-refractivity contribution in [1.29, 1.82) is 0 Å². The summed E-state index contributed by atoms with van der Waals surface area (Å²) in [5.41, 5.74) is 2.00. The van der Waals surface area contributed by atoms with Gasteiger partial charge in [0.05, 0.1) is 23.4 Å². The first-order valence-corrected chi connectivity index (χ1v) is 14.7. The number of hydrogen-bond donors (Lipinski definition) is 0. The molecule has 4 aromatic rings. The van der Waals surface area contributed by atoms with E-state index in [4.69, 9.17) is 14.7 Å². The van der Waals surface area contributed by atoms with Gasteiger partial charge in [-0.25, -0.2) is 9.97 Å². The largest absolute Gasteiger partial charge is 0.378 e. The fourth-order valence-corrected chi connectivity index (χ4v) is 7.82. The average Bonchev–Trinajstić information content (AvgIpc) is 3.49. The highest BCUT2D eigenvalue weighted by Gasteiger charge is 2.25. The monoisotopic (exact) mass is 535 g/mol. The summed E-state index contributed by atoms with van der Waals surface area (Å²) in [6.45, 7) is 6.26. The molecule has 6 rings (SSSR count). The molecule has 37 heavy (non-hydrogen) atoms. The van der Waals surface area contributed by atoms with Gasteiger partial charge in [-0.1, -0.05) is 18.2 Å². The highest BCUT2D eigenvalue weighted by atomic mass is 32.1. The molecule has 2 saturated heterocycles. The van der Waals surface area contributed by atoms with Gasteiger partial charge in [-0.05, 0) is 39.1 Å². The van der Waals surface area contributed by atoms with Crippen LogP contribution in [0.4, 0.5) is 5.82 Å². The van der Waals surface area contributed by atoms with Gasteiger partial charge >= 0.3 is 0 Å². The van der Waals surface area contributed by atoms with E-state index in [0.717, 1.165) is 81.4 Å². The lowest BCUT2D eigenvalue weighted by Crippen LogP contribution is -2.41. The number of carbonyl (C=O) groups excluding carboxylic acids is 1. The Morgan fingerprint density at radius 1 is 1.08 bits per heavy atom. The second kappa shape index (κ2) is 10.7. The molecule has 194 valence electrons. The summed E-state index contributed by atoms with van der Waals surface area (Å²) < 4.78 is 7.96. The maximum absolute atomic E-state index is 11.5. The van der Waals surface area contributed by atoms with E-state index >= 15 is 0 Å². The van der Waals surface area contributed by atoms with Crippen LogP contribution < -0.4 is 4.90 Å². The molecule has 0 amide bonds. The van der Waals surface area contributed by atoms with Crippen molar-refractivity contribution in [3.63, 3.8) is 0 Å². The first-order chi connectivity index (χ1) is 18.1. The third-order valence-corrected chi connectivity index (χ3v) is 9.84. The Morgan fingerprint density at radius 2 is 1.86 bits per heavy atom. The van der Waals surface area contributed by atoms with E-state index in [0.29, 0.717) is 25.7 Å². The van der Waals surface area contributed by atoms with Gasteiger partial charge in [-0.3, -0.25) is 4.90 Å². The molecule has 0 unspecified atom stereocenters. The molecule has 3 aromatic heterocycles. The molecule has 0 aliphatic carbocycles. The predicted octanol–water partition coefficient (Wildman–Crippen LogP) is 4.68. The lowest BCUT2D eigenvalue weighted by Gasteiger charge is -2.34. The number of aromatic nitrogens is 2. The molecular formula is C28H33N5O2S2. The van der Waals surface area contributed by atoms with Crippen LogP contribution in [0.5, 0.6) is 0 Å². The van der Waals surface area contributed by atoms with Crippen LogP contribution in [0.2, 0.25) is 0 Å². The highest BCUT2D eigenvalue weighted by Crippen LogP contribution is 2.41. The second-order valence-electron chi connectivity index (χ2n) is 10.1. The minimum absolute atomic E-state index is 0.376. The first-order valence-electron chi connectivity index (χ1n) is 13.1. The number of anilines is 1. The number of carbonyl (C=O) groups is 1. The first kappa shape index (κ1) is 24.9. The van der Waals surface area contributed by atoms with Crippen molar-refractivity contribution in [2.24, 2.45) is 0 Å². The van der Waals surface area contributed by atoms with Gasteiger partial charge in [0.15, 0.2) is 11.6 Å². The van der Waals surface area contributed by atoms with Crippen molar-refractivity contribution in [2.75, 3.05) is 58.4 Å². The maximum Gasteiger partial charge on any atom is 0.163 e. The fourth-order valence-electron chi connectivity index (χ4n) is 5.52. The van der Waals surface area contributed by atoms with Crippen molar-refractivity contribution in [2.45, 2.75) is 31.8 Å². The summed E-state index contributed by atoms with van der Waals surface area (Å²) in [7, 11) is 4.37. The van der Waals surface area contributed by atoms with E-state index in [-0.39, 0.29) is 0 Å². The molecule has 5 heterocycles. The predicted molar refractivity (Wildman–Crippen MR) is 153 cm³/mol. The number of hydrogen-bond acceptors (Lipinski definition) is 9. The molecule has 1 aromatic carbocycles. The zero-order valence-corrected chi connectivity index (χ0v) is 23.1. The number of likely N-dealkylation sites (tertiary alicyclic amines) is 1. The van der Waals surface area contributed by atoms with Crippen LogP contribution in [0.3, 0.4) is 0 Å². The SMILES string of the molecule is CN(C)C1CCN(Cc2cc3nc(-c4c(CC=O)sc5ccccc45)nc(N4CCOCC4)c3s2)CC1. The molecule has 0 radical (unpaired) electrons. The van der Waals surface area contributed by atoms with Gasteiger partial charge in [0.25, 0.3) is 0 Å². The maximum atomic E-state index is 11.5. The van der Waals surface area contributed by atoms with Gasteiger partial charge < -0.3 is 19.3 Å². The summed E-state index contributed by atoms with van der Waals surface area (Å²) >= 11 is 3.50. The van der Waals surface area contributed by atoms with Crippen molar-refractivity contribution in [3.05, 3.63) is 40.1 Å². The van der Waals surface area contributed by atoms with Crippen LogP contribution in [-0.4, -0.2) is 85.6 Å². The number of benzene rings is 1. The number of piperidine rings is 1. The number of thiophene rings is 2. The molecule has 0 saturated carbocycles. The van der Waals surface area contributed by atoms with E-state index in [1.54, 1.807) is 11.3 Å². The van der Waals surface area contributed by atoms with E-state index in [1.807, 2.05) is 23.5 Å². The number of nitrogens with zero attached hydrogens (tertiary/aromatic N) is 5. The van der Waals surface area contributed by atoms with Crippen LogP contribution in [0, 0.1) is 0 Å². The van der Waals surface area contributed by atoms with E-state index in [1.165, 1.54) is 17.7 Å². The average molecular weight is 536 g/mol. The van der Waals surface area contributed by atoms with Crippen molar-refractivity contribution in [3.8, 4) is 11.4 Å². The molecule has 0 bridgehead atoms. The van der Waals surface area contributed by atoms with Crippen LogP contribution >= 0.6 is 22.7 Å². The Balaban J connectivity index is 1.41. The molecular weight excluding hydrogens is 502 g/mol. The normalized spacial score (nSPS) is 17.9. The Bertz CT molecular complexity index is 1400. The molecule has 0 N–H and O–H groups in total. The third-order valence-electron chi connectivity index (χ3n) is 7.54. The van der Waals surface area contributed by atoms with Crippen LogP contribution in [0.1, 0.15) is 22.6 Å². The van der Waals surface area contributed by atoms with Crippen LogP contribution in [0.15, 0.2) is 30.3 Å². The highest BCUT2D eigenvalue weighted by molar-refractivity contribution is 7.20.